The molecule has 2 rings (SSSR count). The Hall–Kier alpha value is -3.38. The third-order valence-corrected chi connectivity index (χ3v) is 2.60. The van der Waals surface area contributed by atoms with Gasteiger partial charge in [-0.05, 0) is 18.2 Å². The molecule has 2 aromatic rings. The van der Waals surface area contributed by atoms with Gasteiger partial charge in [0.15, 0.2) is 0 Å². The molecular weight excluding hydrogens is 266 g/mol. The number of hydrogen-bond acceptors (Lipinski definition) is 6. The molecule has 0 spiro atoms. The molecule has 6 nitrogen and oxygen atoms in total. The highest BCUT2D eigenvalue weighted by Crippen LogP contribution is 2.22. The van der Waals surface area contributed by atoms with Crippen molar-refractivity contribution in [3.05, 3.63) is 42.5 Å². The molecule has 1 heterocycles. The highest BCUT2D eigenvalue weighted by Gasteiger charge is 2.02. The van der Waals surface area contributed by atoms with Crippen molar-refractivity contribution >= 4 is 11.4 Å². The van der Waals surface area contributed by atoms with Crippen molar-refractivity contribution in [1.82, 2.24) is 4.98 Å². The number of nitrogens with one attached hydrogen (secondary N) is 1. The summed E-state index contributed by atoms with van der Waals surface area (Å²) in [4.78, 5) is 4.34. The van der Waals surface area contributed by atoms with E-state index < -0.39 is 0 Å². The maximum Gasteiger partial charge on any atom is 0.237 e. The van der Waals surface area contributed by atoms with Crippen LogP contribution in [-0.2, 0) is 0 Å². The zero-order chi connectivity index (χ0) is 15.1. The minimum absolute atomic E-state index is 0.236. The van der Waals surface area contributed by atoms with Gasteiger partial charge in [0.1, 0.15) is 12.1 Å². The monoisotopic (exact) mass is 277 g/mol. The lowest BCUT2D eigenvalue weighted by atomic mass is 10.1. The van der Waals surface area contributed by atoms with Gasteiger partial charge in [0.2, 0.25) is 11.6 Å². The second-order valence-corrected chi connectivity index (χ2v) is 3.94. The average Bonchev–Trinajstić information content (AvgIpc) is 2.56. The van der Waals surface area contributed by atoms with Crippen molar-refractivity contribution in [3.63, 3.8) is 0 Å². The Morgan fingerprint density at radius 1 is 1.19 bits per heavy atom. The predicted molar refractivity (Wildman–Crippen MR) is 78.5 cm³/mol. The molecule has 1 aromatic heterocycles. The number of hydrogen-bond donors (Lipinski definition) is 1. The van der Waals surface area contributed by atoms with Crippen molar-refractivity contribution in [3.8, 4) is 29.3 Å². The number of hydrazone groups is 1. The molecule has 6 heteroatoms. The van der Waals surface area contributed by atoms with E-state index >= 15 is 0 Å². The minimum Gasteiger partial charge on any atom is -0.481 e. The van der Waals surface area contributed by atoms with Crippen molar-refractivity contribution in [2.24, 2.45) is 5.10 Å². The predicted octanol–water partition coefficient (Wildman–Crippen LogP) is 2.57. The van der Waals surface area contributed by atoms with E-state index in [2.05, 4.69) is 15.5 Å². The van der Waals surface area contributed by atoms with Crippen LogP contribution in [0.3, 0.4) is 0 Å². The SMILES string of the molecule is COc1cccc(-c2cccc(NN=C(C#N)C#N)c2)n1. The molecule has 0 unspecified atom stereocenters. The van der Waals surface area contributed by atoms with Gasteiger partial charge < -0.3 is 4.74 Å². The van der Waals surface area contributed by atoms with E-state index in [4.69, 9.17) is 15.3 Å². The number of pyridine rings is 1. The van der Waals surface area contributed by atoms with E-state index in [9.17, 15) is 0 Å². The van der Waals surface area contributed by atoms with E-state index in [1.54, 1.807) is 31.4 Å². The first-order valence-electron chi connectivity index (χ1n) is 6.02. The highest BCUT2D eigenvalue weighted by atomic mass is 16.5. The Bertz CT molecular complexity index is 739. The van der Waals surface area contributed by atoms with Crippen molar-refractivity contribution in [2.45, 2.75) is 0 Å². The van der Waals surface area contributed by atoms with Gasteiger partial charge in [-0.25, -0.2) is 4.98 Å². The number of rotatable bonds is 4. The van der Waals surface area contributed by atoms with Gasteiger partial charge in [0, 0.05) is 11.6 Å². The van der Waals surface area contributed by atoms with Crippen LogP contribution in [0.15, 0.2) is 47.6 Å². The molecule has 0 saturated heterocycles. The number of anilines is 1. The molecule has 0 radical (unpaired) electrons. The first kappa shape index (κ1) is 14.0. The van der Waals surface area contributed by atoms with Gasteiger partial charge in [-0.1, -0.05) is 18.2 Å². The second kappa shape index (κ2) is 6.69. The number of nitrogens with zero attached hydrogens (tertiary/aromatic N) is 4. The van der Waals surface area contributed by atoms with Crippen LogP contribution in [0.2, 0.25) is 0 Å². The zero-order valence-electron chi connectivity index (χ0n) is 11.2. The summed E-state index contributed by atoms with van der Waals surface area (Å²) in [6, 6.07) is 16.2. The molecule has 0 aliphatic carbocycles. The smallest absolute Gasteiger partial charge is 0.237 e. The molecule has 0 amide bonds. The van der Waals surface area contributed by atoms with E-state index in [0.29, 0.717) is 11.6 Å². The topological polar surface area (TPSA) is 94.1 Å². The summed E-state index contributed by atoms with van der Waals surface area (Å²) in [6.07, 6.45) is 0. The van der Waals surface area contributed by atoms with Crippen molar-refractivity contribution in [2.75, 3.05) is 12.5 Å². The number of methoxy groups -OCH3 is 1. The number of nitriles is 2. The fourth-order valence-electron chi connectivity index (χ4n) is 1.63. The summed E-state index contributed by atoms with van der Waals surface area (Å²) in [5, 5.41) is 21.0. The van der Waals surface area contributed by atoms with Gasteiger partial charge >= 0.3 is 0 Å². The number of aromatic nitrogens is 1. The van der Waals surface area contributed by atoms with Crippen LogP contribution in [0.5, 0.6) is 5.88 Å². The zero-order valence-corrected chi connectivity index (χ0v) is 11.2. The lowest BCUT2D eigenvalue weighted by Gasteiger charge is -2.06. The maximum absolute atomic E-state index is 8.63. The lowest BCUT2D eigenvalue weighted by Crippen LogP contribution is -1.96. The van der Waals surface area contributed by atoms with Crippen molar-refractivity contribution < 1.29 is 4.74 Å². The Morgan fingerprint density at radius 2 is 1.95 bits per heavy atom. The molecule has 0 fully saturated rings. The van der Waals surface area contributed by atoms with Gasteiger partial charge in [-0.3, -0.25) is 5.43 Å². The van der Waals surface area contributed by atoms with E-state index in [-0.39, 0.29) is 5.71 Å². The second-order valence-electron chi connectivity index (χ2n) is 3.94. The molecular formula is C15H11N5O. The van der Waals surface area contributed by atoms with Gasteiger partial charge in [-0.15, -0.1) is 0 Å². The summed E-state index contributed by atoms with van der Waals surface area (Å²) in [7, 11) is 1.56. The summed E-state index contributed by atoms with van der Waals surface area (Å²) < 4.78 is 5.09. The first-order chi connectivity index (χ1) is 10.3. The minimum atomic E-state index is -0.236. The Balaban J connectivity index is 2.28. The van der Waals surface area contributed by atoms with Crippen LogP contribution in [0.1, 0.15) is 0 Å². The largest absolute Gasteiger partial charge is 0.481 e. The summed E-state index contributed by atoms with van der Waals surface area (Å²) in [6.45, 7) is 0. The van der Waals surface area contributed by atoms with Gasteiger partial charge in [0.05, 0.1) is 18.5 Å². The normalized spacial score (nSPS) is 9.10. The molecule has 0 saturated carbocycles. The molecule has 102 valence electrons. The van der Waals surface area contributed by atoms with Crippen LogP contribution in [0, 0.1) is 22.7 Å². The highest BCUT2D eigenvalue weighted by molar-refractivity contribution is 6.10. The standard InChI is InChI=1S/C15H11N5O/c1-21-15-7-3-6-14(18-15)11-4-2-5-12(8-11)19-20-13(9-16)10-17/h2-8,19H,1H3. The molecule has 0 aliphatic rings. The van der Waals surface area contributed by atoms with Gasteiger partial charge in [0.25, 0.3) is 0 Å². The molecule has 0 aliphatic heterocycles. The summed E-state index contributed by atoms with van der Waals surface area (Å²) in [5.41, 5.74) is 4.70. The van der Waals surface area contributed by atoms with Crippen LogP contribution in [0.4, 0.5) is 5.69 Å². The molecule has 0 bridgehead atoms. The van der Waals surface area contributed by atoms with Crippen LogP contribution in [-0.4, -0.2) is 17.8 Å². The molecule has 1 N–H and O–H groups in total. The third-order valence-electron chi connectivity index (χ3n) is 2.60. The number of benzene rings is 1. The molecule has 21 heavy (non-hydrogen) atoms. The van der Waals surface area contributed by atoms with E-state index in [1.165, 1.54) is 0 Å². The van der Waals surface area contributed by atoms with Crippen molar-refractivity contribution in [1.29, 1.82) is 10.5 Å². The average molecular weight is 277 g/mol. The molecule has 1 aromatic carbocycles. The quantitative estimate of drug-likeness (QED) is 0.684. The Morgan fingerprint density at radius 3 is 2.67 bits per heavy atom. The van der Waals surface area contributed by atoms with Crippen LogP contribution in [0.25, 0.3) is 11.3 Å². The van der Waals surface area contributed by atoms with Crippen LogP contribution >= 0.6 is 0 Å². The summed E-state index contributed by atoms with van der Waals surface area (Å²) in [5.74, 6) is 0.528. The maximum atomic E-state index is 8.63. The first-order valence-corrected chi connectivity index (χ1v) is 6.02. The third kappa shape index (κ3) is 3.55. The Kier molecular flexibility index (Phi) is 4.47. The van der Waals surface area contributed by atoms with E-state index in [1.807, 2.05) is 30.3 Å². The van der Waals surface area contributed by atoms with Crippen LogP contribution < -0.4 is 10.2 Å². The lowest BCUT2D eigenvalue weighted by molar-refractivity contribution is 0.398. The Labute approximate surface area is 121 Å². The fourth-order valence-corrected chi connectivity index (χ4v) is 1.63. The molecule has 0 atom stereocenters. The fraction of sp³-hybridized carbons (Fsp3) is 0.0667. The van der Waals surface area contributed by atoms with E-state index in [0.717, 1.165) is 11.3 Å². The number of ether oxygens (including phenoxy) is 1. The van der Waals surface area contributed by atoms with Gasteiger partial charge in [-0.2, -0.15) is 15.6 Å². The summed E-state index contributed by atoms with van der Waals surface area (Å²) >= 11 is 0.